The van der Waals surface area contributed by atoms with Crippen molar-refractivity contribution >= 4 is 52.0 Å². The molecular weight excluding hydrogens is 450 g/mol. The van der Waals surface area contributed by atoms with Crippen LogP contribution in [0.15, 0.2) is 72.8 Å². The molecule has 9 nitrogen and oxygen atoms in total. The molecule has 3 aromatic carbocycles. The topological polar surface area (TPSA) is 84.5 Å². The molecule has 1 aromatic heterocycles. The van der Waals surface area contributed by atoms with E-state index in [1.165, 1.54) is 0 Å². The third kappa shape index (κ3) is 5.75. The van der Waals surface area contributed by atoms with Crippen LogP contribution in [-0.4, -0.2) is 57.2 Å². The molecule has 0 amide bonds. The maximum absolute atomic E-state index is 4.69. The van der Waals surface area contributed by atoms with Crippen molar-refractivity contribution < 1.29 is 0 Å². The van der Waals surface area contributed by atoms with E-state index in [1.54, 1.807) is 0 Å². The number of para-hydroxylation sites is 6. The molecule has 0 fully saturated rings. The van der Waals surface area contributed by atoms with Crippen molar-refractivity contribution in [2.24, 2.45) is 0 Å². The lowest BCUT2D eigenvalue weighted by Crippen LogP contribution is -2.14. The first-order valence-corrected chi connectivity index (χ1v) is 11.7. The second-order valence-corrected chi connectivity index (χ2v) is 8.92. The summed E-state index contributed by atoms with van der Waals surface area (Å²) in [6.45, 7) is 0. The van der Waals surface area contributed by atoms with Crippen molar-refractivity contribution in [3.8, 4) is 0 Å². The van der Waals surface area contributed by atoms with Crippen molar-refractivity contribution in [2.75, 3.05) is 72.9 Å². The zero-order valence-electron chi connectivity index (χ0n) is 21.6. The Labute approximate surface area is 212 Å². The normalized spacial score (nSPS) is 10.5. The Morgan fingerprint density at radius 3 is 0.917 bits per heavy atom. The first-order chi connectivity index (χ1) is 17.3. The van der Waals surface area contributed by atoms with E-state index in [9.17, 15) is 0 Å². The van der Waals surface area contributed by atoms with E-state index < -0.39 is 0 Å². The summed E-state index contributed by atoms with van der Waals surface area (Å²) in [6, 6.07) is 24.1. The first kappa shape index (κ1) is 24.6. The Balaban J connectivity index is 1.75. The molecule has 4 rings (SSSR count). The molecule has 0 aliphatic rings. The highest BCUT2D eigenvalue weighted by molar-refractivity contribution is 5.77. The zero-order valence-corrected chi connectivity index (χ0v) is 21.6. The summed E-state index contributed by atoms with van der Waals surface area (Å²) in [5, 5.41) is 10.1. The highest BCUT2D eigenvalue weighted by atomic mass is 15.3. The maximum Gasteiger partial charge on any atom is 0.233 e. The monoisotopic (exact) mass is 483 g/mol. The minimum atomic E-state index is 0.425. The van der Waals surface area contributed by atoms with Crippen molar-refractivity contribution in [1.82, 2.24) is 15.0 Å². The summed E-state index contributed by atoms with van der Waals surface area (Å²) in [5.41, 5.74) is 5.77. The van der Waals surface area contributed by atoms with Crippen LogP contribution in [0.3, 0.4) is 0 Å². The van der Waals surface area contributed by atoms with Gasteiger partial charge in [0, 0.05) is 42.3 Å². The quantitative estimate of drug-likeness (QED) is 0.294. The van der Waals surface area contributed by atoms with Crippen LogP contribution in [-0.2, 0) is 0 Å². The molecule has 0 aliphatic carbocycles. The lowest BCUT2D eigenvalue weighted by Gasteiger charge is -2.20. The molecule has 0 aliphatic heterocycles. The van der Waals surface area contributed by atoms with Gasteiger partial charge in [0.15, 0.2) is 0 Å². The molecule has 0 saturated heterocycles. The molecule has 3 N–H and O–H groups in total. The summed E-state index contributed by atoms with van der Waals surface area (Å²) in [6.07, 6.45) is 0. The molecule has 0 spiro atoms. The van der Waals surface area contributed by atoms with Crippen molar-refractivity contribution in [2.45, 2.75) is 0 Å². The fraction of sp³-hybridized carbons (Fsp3) is 0.222. The average molecular weight is 484 g/mol. The van der Waals surface area contributed by atoms with Crippen LogP contribution >= 0.6 is 0 Å². The Bertz CT molecular complexity index is 1150. The second-order valence-electron chi connectivity index (χ2n) is 8.92. The van der Waals surface area contributed by atoms with Crippen molar-refractivity contribution in [3.63, 3.8) is 0 Å². The molecule has 1 heterocycles. The van der Waals surface area contributed by atoms with Crippen LogP contribution < -0.4 is 30.7 Å². The van der Waals surface area contributed by atoms with Gasteiger partial charge >= 0.3 is 0 Å². The molecule has 0 radical (unpaired) electrons. The van der Waals surface area contributed by atoms with E-state index in [-0.39, 0.29) is 0 Å². The fourth-order valence-corrected chi connectivity index (χ4v) is 3.81. The van der Waals surface area contributed by atoms with Crippen LogP contribution in [0.1, 0.15) is 0 Å². The zero-order chi connectivity index (χ0) is 25.7. The molecule has 9 heteroatoms. The van der Waals surface area contributed by atoms with Gasteiger partial charge in [0.25, 0.3) is 0 Å². The lowest BCUT2D eigenvalue weighted by molar-refractivity contribution is 1.05. The molecule has 0 atom stereocenters. The number of hydrogen-bond donors (Lipinski definition) is 3. The van der Waals surface area contributed by atoms with Crippen LogP contribution in [0.4, 0.5) is 52.0 Å². The molecule has 0 saturated carbocycles. The van der Waals surface area contributed by atoms with E-state index in [2.05, 4.69) is 16.0 Å². The van der Waals surface area contributed by atoms with E-state index in [0.717, 1.165) is 34.1 Å². The molecule has 36 heavy (non-hydrogen) atoms. The summed E-state index contributed by atoms with van der Waals surface area (Å²) in [5.74, 6) is 1.27. The molecular formula is C27H33N9. The summed E-state index contributed by atoms with van der Waals surface area (Å²) < 4.78 is 0. The van der Waals surface area contributed by atoms with Crippen LogP contribution in [0.5, 0.6) is 0 Å². The van der Waals surface area contributed by atoms with Gasteiger partial charge in [-0.25, -0.2) is 0 Å². The van der Waals surface area contributed by atoms with Crippen molar-refractivity contribution in [3.05, 3.63) is 72.8 Å². The number of rotatable bonds is 9. The Morgan fingerprint density at radius 1 is 0.417 bits per heavy atom. The Hall–Kier alpha value is -4.53. The third-order valence-electron chi connectivity index (χ3n) is 5.53. The standard InChI is InChI=1S/C27H33N9/c1-34(2)22-16-10-7-13-19(22)28-25-31-26(29-20-14-8-11-17-23(20)35(3)4)33-27(32-25)30-21-15-9-12-18-24(21)36(5)6/h7-18H,1-6H3,(H3,28,29,30,31,32,33). The third-order valence-corrected chi connectivity index (χ3v) is 5.53. The van der Waals surface area contributed by atoms with Gasteiger partial charge in [0.05, 0.1) is 34.1 Å². The van der Waals surface area contributed by atoms with Crippen LogP contribution in [0.2, 0.25) is 0 Å². The highest BCUT2D eigenvalue weighted by Crippen LogP contribution is 2.31. The van der Waals surface area contributed by atoms with E-state index in [4.69, 9.17) is 15.0 Å². The Morgan fingerprint density at radius 2 is 0.667 bits per heavy atom. The molecule has 186 valence electrons. The number of aromatic nitrogens is 3. The van der Waals surface area contributed by atoms with Gasteiger partial charge in [0.1, 0.15) is 0 Å². The minimum absolute atomic E-state index is 0.425. The summed E-state index contributed by atoms with van der Waals surface area (Å²) in [4.78, 5) is 20.2. The summed E-state index contributed by atoms with van der Waals surface area (Å²) in [7, 11) is 12.0. The van der Waals surface area contributed by atoms with Gasteiger partial charge < -0.3 is 30.7 Å². The highest BCUT2D eigenvalue weighted by Gasteiger charge is 2.13. The molecule has 0 unspecified atom stereocenters. The smallest absolute Gasteiger partial charge is 0.233 e. The van der Waals surface area contributed by atoms with Gasteiger partial charge in [-0.05, 0) is 36.4 Å². The minimum Gasteiger partial charge on any atom is -0.376 e. The molecule has 4 aromatic rings. The summed E-state index contributed by atoms with van der Waals surface area (Å²) >= 11 is 0. The van der Waals surface area contributed by atoms with Gasteiger partial charge in [-0.15, -0.1) is 0 Å². The van der Waals surface area contributed by atoms with Crippen LogP contribution in [0.25, 0.3) is 0 Å². The van der Waals surface area contributed by atoms with E-state index in [1.807, 2.05) is 130 Å². The number of nitrogens with zero attached hydrogens (tertiary/aromatic N) is 6. The number of hydrogen-bond acceptors (Lipinski definition) is 9. The van der Waals surface area contributed by atoms with E-state index >= 15 is 0 Å². The Kier molecular flexibility index (Phi) is 7.39. The predicted octanol–water partition coefficient (Wildman–Crippen LogP) is 5.30. The number of nitrogens with one attached hydrogen (secondary N) is 3. The maximum atomic E-state index is 4.69. The van der Waals surface area contributed by atoms with Gasteiger partial charge in [-0.2, -0.15) is 15.0 Å². The number of anilines is 9. The predicted molar refractivity (Wildman–Crippen MR) is 152 cm³/mol. The lowest BCUT2D eigenvalue weighted by atomic mass is 10.2. The van der Waals surface area contributed by atoms with Crippen molar-refractivity contribution in [1.29, 1.82) is 0 Å². The van der Waals surface area contributed by atoms with E-state index in [0.29, 0.717) is 17.8 Å². The first-order valence-electron chi connectivity index (χ1n) is 11.7. The van der Waals surface area contributed by atoms with Gasteiger partial charge in [0.2, 0.25) is 17.8 Å². The largest absolute Gasteiger partial charge is 0.376 e. The SMILES string of the molecule is CN(C)c1ccccc1Nc1nc(Nc2ccccc2N(C)C)nc(Nc2ccccc2N(C)C)n1. The average Bonchev–Trinajstić information content (AvgIpc) is 2.84. The van der Waals surface area contributed by atoms with Gasteiger partial charge in [-0.1, -0.05) is 36.4 Å². The second kappa shape index (κ2) is 10.8. The van der Waals surface area contributed by atoms with Crippen LogP contribution in [0, 0.1) is 0 Å². The number of benzene rings is 3. The molecule has 0 bridgehead atoms. The van der Waals surface area contributed by atoms with Gasteiger partial charge in [-0.3, -0.25) is 0 Å². The fourth-order valence-electron chi connectivity index (χ4n) is 3.81.